The smallest absolute Gasteiger partial charge is 0.110 e. The number of thioether (sulfide) groups is 1. The second kappa shape index (κ2) is 5.45. The molecule has 1 heterocycles. The lowest BCUT2D eigenvalue weighted by atomic mass is 10.2. The topological polar surface area (TPSA) is 47.3 Å². The average Bonchev–Trinajstić information content (AvgIpc) is 2.59. The summed E-state index contributed by atoms with van der Waals surface area (Å²) in [6, 6.07) is 0.208. The van der Waals surface area contributed by atoms with Crippen molar-refractivity contribution < 1.29 is 4.74 Å². The van der Waals surface area contributed by atoms with Crippen molar-refractivity contribution in [2.24, 2.45) is 5.84 Å². The summed E-state index contributed by atoms with van der Waals surface area (Å²) in [5.41, 5.74) is 2.77. The second-order valence-corrected chi connectivity index (χ2v) is 3.73. The van der Waals surface area contributed by atoms with Crippen molar-refractivity contribution in [3.8, 4) is 0 Å². The van der Waals surface area contributed by atoms with Gasteiger partial charge in [0.2, 0.25) is 0 Å². The van der Waals surface area contributed by atoms with Crippen LogP contribution in [0, 0.1) is 0 Å². The Hall–Kier alpha value is -0.190. The minimum absolute atomic E-state index is 0.208. The quantitative estimate of drug-likeness (QED) is 0.496. The predicted octanol–water partition coefficient (Wildman–Crippen LogP) is 0.876. The van der Waals surface area contributed by atoms with Crippen LogP contribution in [-0.4, -0.2) is 24.7 Å². The molecule has 1 unspecified atom stereocenters. The van der Waals surface area contributed by atoms with Gasteiger partial charge in [-0.25, -0.2) is 5.43 Å². The average molecular weight is 188 g/mol. The Kier molecular flexibility index (Phi) is 4.50. The van der Waals surface area contributed by atoms with E-state index in [1.165, 1.54) is 0 Å². The molecule has 1 aliphatic rings. The van der Waals surface area contributed by atoms with Gasteiger partial charge in [0.15, 0.2) is 0 Å². The molecule has 0 fully saturated rings. The third kappa shape index (κ3) is 2.69. The standard InChI is InChI=1S/C8H16N2OS/c1-12-6-4-7(10-9)8-3-2-5-11-8/h3,7,10H,2,4-6,9H2,1H3. The summed E-state index contributed by atoms with van der Waals surface area (Å²) in [5.74, 6) is 7.54. The molecule has 0 bridgehead atoms. The lowest BCUT2D eigenvalue weighted by molar-refractivity contribution is 0.214. The van der Waals surface area contributed by atoms with Crippen LogP contribution in [0.4, 0.5) is 0 Å². The zero-order chi connectivity index (χ0) is 8.81. The maximum Gasteiger partial charge on any atom is 0.110 e. The van der Waals surface area contributed by atoms with Gasteiger partial charge < -0.3 is 4.74 Å². The molecular weight excluding hydrogens is 172 g/mol. The monoisotopic (exact) mass is 188 g/mol. The van der Waals surface area contributed by atoms with Gasteiger partial charge in [-0.3, -0.25) is 5.84 Å². The van der Waals surface area contributed by atoms with E-state index in [-0.39, 0.29) is 6.04 Å². The lowest BCUT2D eigenvalue weighted by Crippen LogP contribution is -2.37. The Morgan fingerprint density at radius 3 is 3.17 bits per heavy atom. The first-order valence-electron chi connectivity index (χ1n) is 4.16. The van der Waals surface area contributed by atoms with Crippen LogP contribution in [0.15, 0.2) is 11.8 Å². The molecule has 12 heavy (non-hydrogen) atoms. The summed E-state index contributed by atoms with van der Waals surface area (Å²) in [4.78, 5) is 0. The van der Waals surface area contributed by atoms with Crippen molar-refractivity contribution in [1.82, 2.24) is 5.43 Å². The van der Waals surface area contributed by atoms with Crippen LogP contribution in [0.2, 0.25) is 0 Å². The van der Waals surface area contributed by atoms with E-state index in [1.54, 1.807) is 0 Å². The zero-order valence-corrected chi connectivity index (χ0v) is 8.19. The van der Waals surface area contributed by atoms with Crippen LogP contribution in [0.5, 0.6) is 0 Å². The summed E-state index contributed by atoms with van der Waals surface area (Å²) >= 11 is 1.83. The van der Waals surface area contributed by atoms with Gasteiger partial charge in [0.25, 0.3) is 0 Å². The Morgan fingerprint density at radius 2 is 2.67 bits per heavy atom. The van der Waals surface area contributed by atoms with E-state index in [9.17, 15) is 0 Å². The first kappa shape index (κ1) is 9.89. The number of hydrogen-bond acceptors (Lipinski definition) is 4. The number of hydrazine groups is 1. The van der Waals surface area contributed by atoms with E-state index < -0.39 is 0 Å². The maximum atomic E-state index is 5.41. The van der Waals surface area contributed by atoms with Crippen LogP contribution < -0.4 is 11.3 Å². The number of hydrogen-bond donors (Lipinski definition) is 2. The third-order valence-corrected chi connectivity index (χ3v) is 2.53. The molecule has 0 amide bonds. The predicted molar refractivity (Wildman–Crippen MR) is 52.8 cm³/mol. The molecule has 0 aromatic heterocycles. The van der Waals surface area contributed by atoms with Crippen molar-refractivity contribution in [3.63, 3.8) is 0 Å². The van der Waals surface area contributed by atoms with Gasteiger partial charge in [0.05, 0.1) is 12.6 Å². The van der Waals surface area contributed by atoms with E-state index in [1.807, 2.05) is 11.8 Å². The minimum atomic E-state index is 0.208. The molecule has 1 rings (SSSR count). The number of ether oxygens (including phenoxy) is 1. The molecular formula is C8H16N2OS. The van der Waals surface area contributed by atoms with Crippen molar-refractivity contribution in [3.05, 3.63) is 11.8 Å². The van der Waals surface area contributed by atoms with Gasteiger partial charge in [-0.1, -0.05) is 0 Å². The molecule has 0 saturated heterocycles. The first-order chi connectivity index (χ1) is 5.88. The molecule has 0 radical (unpaired) electrons. The summed E-state index contributed by atoms with van der Waals surface area (Å²) in [7, 11) is 0. The molecule has 1 aliphatic heterocycles. The van der Waals surface area contributed by atoms with Gasteiger partial charge in [-0.05, 0) is 24.5 Å². The number of nitrogens with two attached hydrogens (primary N) is 1. The zero-order valence-electron chi connectivity index (χ0n) is 7.38. The fourth-order valence-electron chi connectivity index (χ4n) is 1.22. The largest absolute Gasteiger partial charge is 0.496 e. The molecule has 3 nitrogen and oxygen atoms in total. The van der Waals surface area contributed by atoms with Crippen LogP contribution in [0.3, 0.4) is 0 Å². The summed E-state index contributed by atoms with van der Waals surface area (Å²) in [5, 5.41) is 0. The molecule has 4 heteroatoms. The number of rotatable bonds is 5. The summed E-state index contributed by atoms with van der Waals surface area (Å²) in [6.45, 7) is 0.812. The van der Waals surface area contributed by atoms with Crippen LogP contribution >= 0.6 is 11.8 Å². The highest BCUT2D eigenvalue weighted by molar-refractivity contribution is 7.98. The van der Waals surface area contributed by atoms with Crippen LogP contribution in [-0.2, 0) is 4.74 Å². The highest BCUT2D eigenvalue weighted by Crippen LogP contribution is 2.16. The molecule has 1 atom stereocenters. The molecule has 0 aromatic rings. The number of nitrogens with one attached hydrogen (secondary N) is 1. The van der Waals surface area contributed by atoms with E-state index in [4.69, 9.17) is 10.6 Å². The minimum Gasteiger partial charge on any atom is -0.496 e. The first-order valence-corrected chi connectivity index (χ1v) is 5.55. The van der Waals surface area contributed by atoms with E-state index in [2.05, 4.69) is 17.8 Å². The fraction of sp³-hybridized carbons (Fsp3) is 0.750. The lowest BCUT2D eigenvalue weighted by Gasteiger charge is -2.16. The van der Waals surface area contributed by atoms with Crippen molar-refractivity contribution in [2.75, 3.05) is 18.6 Å². The highest BCUT2D eigenvalue weighted by atomic mass is 32.2. The van der Waals surface area contributed by atoms with Crippen molar-refractivity contribution in [2.45, 2.75) is 18.9 Å². The van der Waals surface area contributed by atoms with Gasteiger partial charge >= 0.3 is 0 Å². The Bertz CT molecular complexity index is 161. The highest BCUT2D eigenvalue weighted by Gasteiger charge is 2.16. The van der Waals surface area contributed by atoms with E-state index >= 15 is 0 Å². The molecule has 3 N–H and O–H groups in total. The second-order valence-electron chi connectivity index (χ2n) is 2.74. The van der Waals surface area contributed by atoms with Crippen molar-refractivity contribution in [1.29, 1.82) is 0 Å². The van der Waals surface area contributed by atoms with Crippen molar-refractivity contribution >= 4 is 11.8 Å². The van der Waals surface area contributed by atoms with E-state index in [0.717, 1.165) is 31.0 Å². The normalized spacial score (nSPS) is 18.7. The van der Waals surface area contributed by atoms with Gasteiger partial charge in [0, 0.05) is 6.42 Å². The van der Waals surface area contributed by atoms with Gasteiger partial charge in [0.1, 0.15) is 5.76 Å². The van der Waals surface area contributed by atoms with Gasteiger partial charge in [-0.15, -0.1) is 0 Å². The molecule has 0 saturated carbocycles. The van der Waals surface area contributed by atoms with Gasteiger partial charge in [-0.2, -0.15) is 11.8 Å². The Morgan fingerprint density at radius 1 is 1.83 bits per heavy atom. The summed E-state index contributed by atoms with van der Waals surface area (Å²) < 4.78 is 5.41. The SMILES string of the molecule is CSCCC(NN)C1=CCCO1. The fourth-order valence-corrected chi connectivity index (χ4v) is 1.69. The van der Waals surface area contributed by atoms with Crippen LogP contribution in [0.1, 0.15) is 12.8 Å². The summed E-state index contributed by atoms with van der Waals surface area (Å²) in [6.07, 6.45) is 6.26. The molecule has 0 aromatic carbocycles. The molecule has 70 valence electrons. The van der Waals surface area contributed by atoms with E-state index in [0.29, 0.717) is 0 Å². The Balaban J connectivity index is 2.33. The third-order valence-electron chi connectivity index (χ3n) is 1.89. The molecule has 0 spiro atoms. The van der Waals surface area contributed by atoms with Crippen LogP contribution in [0.25, 0.3) is 0 Å². The molecule has 0 aliphatic carbocycles. The maximum absolute atomic E-state index is 5.41. The Labute approximate surface area is 77.7 Å².